The van der Waals surface area contributed by atoms with Crippen molar-refractivity contribution in [3.05, 3.63) is 17.9 Å². The minimum absolute atomic E-state index is 0.399. The Hall–Kier alpha value is -1.29. The van der Waals surface area contributed by atoms with E-state index in [0.29, 0.717) is 17.8 Å². The summed E-state index contributed by atoms with van der Waals surface area (Å²) in [6, 6.07) is 4.45. The summed E-state index contributed by atoms with van der Waals surface area (Å²) in [7, 11) is 0. The number of aldehydes is 1. The monoisotopic (exact) mass is 207 g/mol. The molecular formula is C11H13NO3. The van der Waals surface area contributed by atoms with Gasteiger partial charge in [-0.3, -0.25) is 4.79 Å². The highest BCUT2D eigenvalue weighted by molar-refractivity contribution is 5.71. The van der Waals surface area contributed by atoms with Crippen LogP contribution in [0.5, 0.6) is 0 Å². The summed E-state index contributed by atoms with van der Waals surface area (Å²) < 4.78 is 10.9. The van der Waals surface area contributed by atoms with Gasteiger partial charge in [-0.05, 0) is 18.9 Å². The highest BCUT2D eigenvalue weighted by Crippen LogP contribution is 2.34. The number of anilines is 1. The maximum absolute atomic E-state index is 10.5. The lowest BCUT2D eigenvalue weighted by Crippen LogP contribution is -2.45. The number of ether oxygens (including phenoxy) is 1. The van der Waals surface area contributed by atoms with Gasteiger partial charge in [0.2, 0.25) is 0 Å². The van der Waals surface area contributed by atoms with Crippen LogP contribution in [0.2, 0.25) is 0 Å². The molecule has 1 aromatic heterocycles. The van der Waals surface area contributed by atoms with Gasteiger partial charge in [-0.25, -0.2) is 0 Å². The van der Waals surface area contributed by atoms with Crippen LogP contribution in [0.25, 0.3) is 0 Å². The minimum atomic E-state index is 0.399. The van der Waals surface area contributed by atoms with Crippen LogP contribution < -0.4 is 4.90 Å². The van der Waals surface area contributed by atoms with E-state index in [1.807, 2.05) is 6.07 Å². The molecule has 1 aromatic rings. The lowest BCUT2D eigenvalue weighted by molar-refractivity contribution is 0.0880. The maximum Gasteiger partial charge on any atom is 0.196 e. The van der Waals surface area contributed by atoms with Gasteiger partial charge < -0.3 is 14.1 Å². The van der Waals surface area contributed by atoms with Crippen LogP contribution in [0.15, 0.2) is 16.5 Å². The van der Waals surface area contributed by atoms with E-state index < -0.39 is 0 Å². The zero-order chi connectivity index (χ0) is 10.3. The summed E-state index contributed by atoms with van der Waals surface area (Å²) in [5, 5.41) is 0. The molecule has 0 radical (unpaired) electrons. The molecule has 80 valence electrons. The van der Waals surface area contributed by atoms with Crippen molar-refractivity contribution >= 4 is 12.2 Å². The average molecular weight is 207 g/mol. The number of fused-ring (bicyclic) bond motifs is 2. The fraction of sp³-hybridized carbons (Fsp3) is 0.545. The van der Waals surface area contributed by atoms with Crippen LogP contribution in [0, 0.1) is 0 Å². The standard InChI is InChI=1S/C11H13NO3/c13-5-10-3-4-11(15-10)12-8-1-2-9(12)7-14-6-8/h3-5,8-9H,1-2,6-7H2. The number of rotatable bonds is 2. The molecule has 2 aliphatic heterocycles. The van der Waals surface area contributed by atoms with Crippen LogP contribution in [-0.4, -0.2) is 31.6 Å². The third-order valence-electron chi connectivity index (χ3n) is 3.22. The predicted molar refractivity (Wildman–Crippen MR) is 54.2 cm³/mol. The van der Waals surface area contributed by atoms with Crippen LogP contribution in [-0.2, 0) is 4.74 Å². The molecule has 4 nitrogen and oxygen atoms in total. The Morgan fingerprint density at radius 1 is 1.27 bits per heavy atom. The minimum Gasteiger partial charge on any atom is -0.438 e. The number of nitrogens with zero attached hydrogens (tertiary/aromatic N) is 1. The van der Waals surface area contributed by atoms with Crippen molar-refractivity contribution in [1.82, 2.24) is 0 Å². The number of hydrogen-bond donors (Lipinski definition) is 0. The van der Waals surface area contributed by atoms with Gasteiger partial charge in [0, 0.05) is 6.07 Å². The van der Waals surface area contributed by atoms with Crippen molar-refractivity contribution in [3.63, 3.8) is 0 Å². The molecule has 0 aliphatic carbocycles. The van der Waals surface area contributed by atoms with E-state index in [1.54, 1.807) is 6.07 Å². The number of carbonyl (C=O) groups excluding carboxylic acids is 1. The summed E-state index contributed by atoms with van der Waals surface area (Å²) >= 11 is 0. The molecule has 2 unspecified atom stereocenters. The Bertz CT molecular complexity index is 358. The van der Waals surface area contributed by atoms with Gasteiger partial charge in [-0.15, -0.1) is 0 Å². The third-order valence-corrected chi connectivity index (χ3v) is 3.22. The molecule has 0 spiro atoms. The molecule has 2 fully saturated rings. The SMILES string of the molecule is O=Cc1ccc(N2C3CCC2COC3)o1. The second-order valence-electron chi connectivity index (χ2n) is 4.12. The molecule has 2 atom stereocenters. The van der Waals surface area contributed by atoms with Crippen molar-refractivity contribution in [2.45, 2.75) is 24.9 Å². The van der Waals surface area contributed by atoms with Crippen LogP contribution in [0.4, 0.5) is 5.88 Å². The smallest absolute Gasteiger partial charge is 0.196 e. The first-order valence-electron chi connectivity index (χ1n) is 5.29. The second-order valence-corrected chi connectivity index (χ2v) is 4.12. The normalized spacial score (nSPS) is 29.5. The van der Waals surface area contributed by atoms with E-state index in [0.717, 1.165) is 38.2 Å². The summed E-state index contributed by atoms with van der Waals surface area (Å²) in [4.78, 5) is 12.8. The van der Waals surface area contributed by atoms with Crippen molar-refractivity contribution in [2.75, 3.05) is 18.1 Å². The molecule has 0 aromatic carbocycles. The zero-order valence-corrected chi connectivity index (χ0v) is 8.39. The summed E-state index contributed by atoms with van der Waals surface area (Å²) in [5.74, 6) is 1.21. The van der Waals surface area contributed by atoms with Gasteiger partial charge in [0.1, 0.15) is 0 Å². The van der Waals surface area contributed by atoms with Crippen LogP contribution >= 0.6 is 0 Å². The zero-order valence-electron chi connectivity index (χ0n) is 8.39. The highest BCUT2D eigenvalue weighted by Gasteiger charge is 2.38. The molecule has 0 amide bonds. The topological polar surface area (TPSA) is 42.7 Å². The van der Waals surface area contributed by atoms with E-state index in [4.69, 9.17) is 9.15 Å². The Morgan fingerprint density at radius 2 is 2.00 bits per heavy atom. The van der Waals surface area contributed by atoms with E-state index in [9.17, 15) is 4.79 Å². The lowest BCUT2D eigenvalue weighted by atomic mass is 10.2. The van der Waals surface area contributed by atoms with Gasteiger partial charge in [-0.1, -0.05) is 0 Å². The van der Waals surface area contributed by atoms with E-state index in [-0.39, 0.29) is 0 Å². The molecule has 2 aliphatic rings. The molecule has 4 heteroatoms. The Balaban J connectivity index is 1.90. The highest BCUT2D eigenvalue weighted by atomic mass is 16.5. The molecular weight excluding hydrogens is 194 g/mol. The van der Waals surface area contributed by atoms with Crippen molar-refractivity contribution in [3.8, 4) is 0 Å². The number of morpholine rings is 1. The molecule has 2 bridgehead atoms. The second kappa shape index (κ2) is 3.38. The molecule has 0 saturated carbocycles. The Labute approximate surface area is 87.8 Å². The van der Waals surface area contributed by atoms with Gasteiger partial charge in [0.15, 0.2) is 17.9 Å². The molecule has 3 heterocycles. The van der Waals surface area contributed by atoms with E-state index in [1.165, 1.54) is 0 Å². The van der Waals surface area contributed by atoms with Crippen molar-refractivity contribution < 1.29 is 13.9 Å². The van der Waals surface area contributed by atoms with Gasteiger partial charge in [0.25, 0.3) is 0 Å². The van der Waals surface area contributed by atoms with Gasteiger partial charge in [-0.2, -0.15) is 0 Å². The fourth-order valence-corrected chi connectivity index (χ4v) is 2.53. The third kappa shape index (κ3) is 1.36. The quantitative estimate of drug-likeness (QED) is 0.688. The summed E-state index contributed by atoms with van der Waals surface area (Å²) in [6.45, 7) is 1.54. The maximum atomic E-state index is 10.5. The van der Waals surface area contributed by atoms with Crippen LogP contribution in [0.1, 0.15) is 23.4 Å². The predicted octanol–water partition coefficient (Wildman–Crippen LogP) is 1.46. The fourth-order valence-electron chi connectivity index (χ4n) is 2.53. The first kappa shape index (κ1) is 8.97. The molecule has 3 rings (SSSR count). The van der Waals surface area contributed by atoms with Crippen LogP contribution in [0.3, 0.4) is 0 Å². The number of hydrogen-bond acceptors (Lipinski definition) is 4. The molecule has 2 saturated heterocycles. The Kier molecular flexibility index (Phi) is 2.02. The summed E-state index contributed by atoms with van der Waals surface area (Å²) in [5.41, 5.74) is 0. The Morgan fingerprint density at radius 3 is 2.60 bits per heavy atom. The first-order chi connectivity index (χ1) is 7.38. The number of carbonyl (C=O) groups is 1. The van der Waals surface area contributed by atoms with E-state index >= 15 is 0 Å². The average Bonchev–Trinajstić information content (AvgIpc) is 2.81. The molecule has 15 heavy (non-hydrogen) atoms. The van der Waals surface area contributed by atoms with Gasteiger partial charge in [0.05, 0.1) is 25.3 Å². The van der Waals surface area contributed by atoms with Crippen molar-refractivity contribution in [1.29, 1.82) is 0 Å². The summed E-state index contributed by atoms with van der Waals surface area (Å²) in [6.07, 6.45) is 3.05. The lowest BCUT2D eigenvalue weighted by Gasteiger charge is -2.34. The first-order valence-corrected chi connectivity index (χ1v) is 5.29. The molecule has 0 N–H and O–H groups in total. The van der Waals surface area contributed by atoms with Crippen molar-refractivity contribution in [2.24, 2.45) is 0 Å². The number of furan rings is 1. The van der Waals surface area contributed by atoms with E-state index in [2.05, 4.69) is 4.90 Å². The largest absolute Gasteiger partial charge is 0.438 e. The van der Waals surface area contributed by atoms with Gasteiger partial charge >= 0.3 is 0 Å².